The molecule has 0 saturated carbocycles. The lowest BCUT2D eigenvalue weighted by atomic mass is 9.88. The molecule has 10 unspecified atom stereocenters. The number of hydrogen-bond acceptors (Lipinski definition) is 34. The van der Waals surface area contributed by atoms with Crippen molar-refractivity contribution in [3.63, 3.8) is 0 Å². The number of nitro benzene ring substituents is 1. The number of rotatable bonds is 30. The summed E-state index contributed by atoms with van der Waals surface area (Å²) in [5, 5.41) is 198. The molecule has 90 heavy (non-hydrogen) atoms. The van der Waals surface area contributed by atoms with E-state index in [1.54, 1.807) is 6.92 Å². The third kappa shape index (κ3) is 17.8. The molecule has 0 bridgehead atoms. The molecule has 7 rings (SSSR count). The van der Waals surface area contributed by atoms with Crippen molar-refractivity contribution < 1.29 is 163 Å². The van der Waals surface area contributed by atoms with Gasteiger partial charge in [0.05, 0.1) is 44.1 Å². The Morgan fingerprint density at radius 2 is 1.00 bits per heavy atom. The van der Waals surface area contributed by atoms with Crippen molar-refractivity contribution in [2.45, 2.75) is 224 Å². The van der Waals surface area contributed by atoms with Crippen LogP contribution in [0.5, 0.6) is 5.75 Å². The first kappa shape index (κ1) is 73.2. The number of carbonyl (C=O) groups excluding carboxylic acids is 2. The van der Waals surface area contributed by atoms with E-state index in [1.807, 2.05) is 0 Å². The zero-order valence-electron chi connectivity index (χ0n) is 48.6. The molecule has 0 radical (unpaired) electrons. The number of non-ortho nitro benzene ring substituents is 1. The van der Waals surface area contributed by atoms with E-state index in [9.17, 15) is 107 Å². The number of nitrogens with one attached hydrogen (secondary N) is 1. The molecule has 5 fully saturated rings. The van der Waals surface area contributed by atoms with Crippen LogP contribution in [-0.2, 0) is 66.4 Å². The molecule has 1 aromatic rings. The van der Waals surface area contributed by atoms with Crippen LogP contribution < -0.4 is 10.1 Å². The van der Waals surface area contributed by atoms with Crippen LogP contribution >= 0.6 is 0 Å². The maximum Gasteiger partial charge on any atom is 0.311 e. The summed E-state index contributed by atoms with van der Waals surface area (Å²) in [6.07, 6.45) is -46.2. The molecule has 0 aromatic heterocycles. The van der Waals surface area contributed by atoms with Crippen LogP contribution in [0.15, 0.2) is 36.3 Å². The topological polar surface area (TPSA) is 553 Å². The maximum atomic E-state index is 12.3. The molecule has 5 saturated heterocycles. The summed E-state index contributed by atoms with van der Waals surface area (Å²) >= 11 is 0. The molecule has 18 N–H and O–H groups in total. The van der Waals surface area contributed by atoms with Gasteiger partial charge in [-0.05, 0) is 50.7 Å². The largest absolute Gasteiger partial charge is 0.506 e. The normalized spacial score (nSPS) is 40.7. The SMILES string of the molecule is CCC1[C@H](O[C@@H]2C(O)[C@@H](O[C@H]3C(CO)O[C@@H](O[C@@H]4C(CO)O[C@@H](OCCCCCNC(=O)CCCCC(=O)Oc5ccc([N+](=O)[O-])cc5)C(O)[C@H]4O)C(O)[C@H]3O)OC(CO)[C@@H]2O)OC(CO)[C@H](O)[C@@H]1O[C@@H]1OC(CO)[C@H](O)[C@H](O)C1O[C@@H]1OC=C(O)[C@H](O)[C@@H]1O. The van der Waals surface area contributed by atoms with Crippen molar-refractivity contribution >= 4 is 17.6 Å². The first-order valence-electron chi connectivity index (χ1n) is 29.5. The quantitative estimate of drug-likeness (QED) is 0.0112. The monoisotopic (exact) mass is 1300 g/mol. The highest BCUT2D eigenvalue weighted by atomic mass is 16.8. The van der Waals surface area contributed by atoms with Gasteiger partial charge in [0.1, 0.15) is 134 Å². The summed E-state index contributed by atoms with van der Waals surface area (Å²) in [7, 11) is 0. The van der Waals surface area contributed by atoms with Crippen molar-refractivity contribution in [2.24, 2.45) is 5.92 Å². The van der Waals surface area contributed by atoms with Crippen molar-refractivity contribution in [1.82, 2.24) is 5.32 Å². The van der Waals surface area contributed by atoms with Crippen LogP contribution in [0.2, 0.25) is 0 Å². The number of aliphatic hydroxyl groups is 17. The summed E-state index contributed by atoms with van der Waals surface area (Å²) < 4.78 is 74.6. The van der Waals surface area contributed by atoms with E-state index in [-0.39, 0.29) is 43.2 Å². The number of unbranched alkanes of at least 4 members (excludes halogenated alkanes) is 3. The molecule has 0 aliphatic carbocycles. The Morgan fingerprint density at radius 1 is 0.511 bits per heavy atom. The zero-order valence-corrected chi connectivity index (χ0v) is 48.6. The highest BCUT2D eigenvalue weighted by Crippen LogP contribution is 2.40. The lowest BCUT2D eigenvalue weighted by Crippen LogP contribution is -2.67. The first-order valence-corrected chi connectivity index (χ1v) is 29.5. The van der Waals surface area contributed by atoms with Gasteiger partial charge >= 0.3 is 5.97 Å². The van der Waals surface area contributed by atoms with Gasteiger partial charge in [-0.3, -0.25) is 19.7 Å². The predicted octanol–water partition coefficient (Wildman–Crippen LogP) is -7.37. The summed E-state index contributed by atoms with van der Waals surface area (Å²) in [6.45, 7) is -2.78. The summed E-state index contributed by atoms with van der Waals surface area (Å²) in [6, 6.07) is 5.04. The number of nitrogens with zero attached hydrogens (tertiary/aromatic N) is 1. The minimum atomic E-state index is -2.13. The van der Waals surface area contributed by atoms with Crippen LogP contribution in [0.3, 0.4) is 0 Å². The van der Waals surface area contributed by atoms with E-state index in [4.69, 9.17) is 61.6 Å². The molecule has 36 nitrogen and oxygen atoms in total. The standard InChI is InChI=1S/C54H84N2O34/c1-2-24-44(86-54-48(37(69)34(66)26(16-57)83-54)90-51-40(72)33(65)25(62)21-79-51)35(67)27(17-58)81-49(24)89-47-36(68)28(18-59)82-53(43(47)75)88-46-30(20-61)85-52(42(74)39(46)71)87-45-29(19-60)84-50(41(73)38(45)70)78-15-7-3-6-14-55-31(63)8-4-5-9-32(64)80-23-12-10-22(11-13-23)56(76)77/h10-13,21,24,26-30,33-54,57-62,65-75H,2-9,14-20H2,1H3,(H,55,63)/t24?,26?,27?,28?,29?,30?,33-,34-,35-,36-,37-,38+,39+,40-,41?,42?,43?,44+,45+,46-,47-,48?,49-,50+,51-,52-,53+,54-/m0/s1. The average molecular weight is 1310 g/mol. The van der Waals surface area contributed by atoms with E-state index in [1.165, 1.54) is 24.3 Å². The summed E-state index contributed by atoms with van der Waals surface area (Å²) in [4.78, 5) is 34.6. The second-order valence-electron chi connectivity index (χ2n) is 22.3. The average Bonchev–Trinajstić information content (AvgIpc) is 0.847. The molecular formula is C54H84N2O34. The fourth-order valence-corrected chi connectivity index (χ4v) is 11.0. The van der Waals surface area contributed by atoms with Gasteiger partial charge in [0.25, 0.3) is 5.69 Å². The van der Waals surface area contributed by atoms with Gasteiger partial charge in [0.2, 0.25) is 12.2 Å². The van der Waals surface area contributed by atoms with E-state index in [2.05, 4.69) is 5.32 Å². The van der Waals surface area contributed by atoms with Crippen molar-refractivity contribution in [3.8, 4) is 5.75 Å². The van der Waals surface area contributed by atoms with E-state index >= 15 is 0 Å². The van der Waals surface area contributed by atoms with Gasteiger partial charge in [-0.1, -0.05) is 6.92 Å². The molecule has 1 aromatic carbocycles. The fraction of sp³-hybridized carbons (Fsp3) is 0.815. The summed E-state index contributed by atoms with van der Waals surface area (Å²) in [5.41, 5.74) is -0.150. The van der Waals surface area contributed by atoms with Crippen LogP contribution in [0.1, 0.15) is 58.3 Å². The van der Waals surface area contributed by atoms with Gasteiger partial charge in [0, 0.05) is 44.0 Å². The molecule has 36 heteroatoms. The zero-order chi connectivity index (χ0) is 65.7. The Labute approximate surface area is 513 Å². The third-order valence-electron chi connectivity index (χ3n) is 16.2. The van der Waals surface area contributed by atoms with Gasteiger partial charge in [-0.2, -0.15) is 0 Å². The molecular weight excluding hydrogens is 1220 g/mol. The Morgan fingerprint density at radius 3 is 1.60 bits per heavy atom. The van der Waals surface area contributed by atoms with E-state index in [0.29, 0.717) is 44.9 Å². The first-order chi connectivity index (χ1) is 43.0. The molecule has 6 aliphatic rings. The number of aliphatic hydroxyl groups excluding tert-OH is 17. The Hall–Kier alpha value is -4.18. The molecule has 1 amide bonds. The van der Waals surface area contributed by atoms with Gasteiger partial charge in [-0.25, -0.2) is 0 Å². The number of hydrogen-bond donors (Lipinski definition) is 18. The van der Waals surface area contributed by atoms with Gasteiger partial charge < -0.3 is 154 Å². The second kappa shape index (κ2) is 34.3. The smallest absolute Gasteiger partial charge is 0.311 e. The van der Waals surface area contributed by atoms with Crippen molar-refractivity contribution in [3.05, 3.63) is 46.4 Å². The van der Waals surface area contributed by atoms with Gasteiger partial charge in [-0.15, -0.1) is 0 Å². The van der Waals surface area contributed by atoms with E-state index < -0.39 is 222 Å². The molecule has 6 aliphatic heterocycles. The van der Waals surface area contributed by atoms with Crippen LogP contribution in [0, 0.1) is 16.0 Å². The number of carbonyl (C=O) groups is 2. The molecule has 28 atom stereocenters. The van der Waals surface area contributed by atoms with Crippen LogP contribution in [0.4, 0.5) is 5.69 Å². The second-order valence-corrected chi connectivity index (χ2v) is 22.3. The fourth-order valence-electron chi connectivity index (χ4n) is 11.0. The molecule has 0 spiro atoms. The predicted molar refractivity (Wildman–Crippen MR) is 289 cm³/mol. The minimum Gasteiger partial charge on any atom is -0.506 e. The minimum absolute atomic E-state index is 0.00886. The third-order valence-corrected chi connectivity index (χ3v) is 16.2. The summed E-state index contributed by atoms with van der Waals surface area (Å²) in [5.74, 6) is -2.62. The number of ether oxygens (including phenoxy) is 13. The number of esters is 1. The molecule has 6 heterocycles. The van der Waals surface area contributed by atoms with Gasteiger partial charge in [0.15, 0.2) is 37.2 Å². The number of benzene rings is 1. The Kier molecular flexibility index (Phi) is 27.9. The number of nitro groups is 1. The highest BCUT2D eigenvalue weighted by Gasteiger charge is 2.57. The number of amides is 1. The molecule has 514 valence electrons. The van der Waals surface area contributed by atoms with Crippen LogP contribution in [-0.4, -0.2) is 316 Å². The Balaban J connectivity index is 0.898. The van der Waals surface area contributed by atoms with Crippen LogP contribution in [0.25, 0.3) is 0 Å². The van der Waals surface area contributed by atoms with Crippen molar-refractivity contribution in [2.75, 3.05) is 46.2 Å². The highest BCUT2D eigenvalue weighted by molar-refractivity contribution is 5.76. The lowest BCUT2D eigenvalue weighted by molar-refractivity contribution is -0.395. The van der Waals surface area contributed by atoms with Crippen molar-refractivity contribution in [1.29, 1.82) is 0 Å². The maximum absolute atomic E-state index is 12.3. The van der Waals surface area contributed by atoms with E-state index in [0.717, 1.165) is 0 Å². The Bertz CT molecular complexity index is 2400. The lowest BCUT2D eigenvalue weighted by Gasteiger charge is -2.50.